The molecule has 0 radical (unpaired) electrons. The zero-order valence-electron chi connectivity index (χ0n) is 14.2. The van der Waals surface area contributed by atoms with E-state index < -0.39 is 0 Å². The summed E-state index contributed by atoms with van der Waals surface area (Å²) in [5, 5.41) is 6.01. The Hall–Kier alpha value is -1.36. The topological polar surface area (TPSA) is 32.3 Å². The van der Waals surface area contributed by atoms with Gasteiger partial charge in [-0.05, 0) is 55.3 Å². The molecule has 0 aliphatic carbocycles. The van der Waals surface area contributed by atoms with Gasteiger partial charge in [-0.3, -0.25) is 9.69 Å². The Balaban J connectivity index is 1.42. The molecule has 1 N–H and O–H groups in total. The average Bonchev–Trinajstić information content (AvgIpc) is 3.08. The van der Waals surface area contributed by atoms with Crippen LogP contribution in [0.25, 0.3) is 0 Å². The molecule has 132 valence electrons. The maximum absolute atomic E-state index is 12.5. The minimum atomic E-state index is -0.00252. The molecule has 1 amide bonds. The summed E-state index contributed by atoms with van der Waals surface area (Å²) in [6, 6.07) is 13.0. The van der Waals surface area contributed by atoms with E-state index in [9.17, 15) is 4.79 Å². The summed E-state index contributed by atoms with van der Waals surface area (Å²) in [4.78, 5) is 16.7. The van der Waals surface area contributed by atoms with Crippen LogP contribution in [0.4, 0.5) is 0 Å². The fourth-order valence-corrected chi connectivity index (χ4v) is 5.24. The van der Waals surface area contributed by atoms with Crippen molar-refractivity contribution in [3.63, 3.8) is 0 Å². The van der Waals surface area contributed by atoms with Gasteiger partial charge in [0.15, 0.2) is 0 Å². The van der Waals surface area contributed by atoms with Crippen molar-refractivity contribution in [1.29, 1.82) is 0 Å². The summed E-state index contributed by atoms with van der Waals surface area (Å²) >= 11 is 7.85. The standard InChI is InChI=1S/C20H23ClN2OS/c21-15-5-1-4-14(10-15)20(24)22-16-11-17-6-2-7-18(12-16)23(17)13-19-8-3-9-25-19/h1,3-5,8-10,16-18H,2,6-7,11-13H2,(H,22,24)/t17-,18-/m1/s1. The lowest BCUT2D eigenvalue weighted by Gasteiger charge is -2.49. The van der Waals surface area contributed by atoms with Gasteiger partial charge in [-0.25, -0.2) is 0 Å². The number of carbonyl (C=O) groups is 1. The van der Waals surface area contributed by atoms with E-state index in [4.69, 9.17) is 11.6 Å². The summed E-state index contributed by atoms with van der Waals surface area (Å²) in [6.45, 7) is 1.06. The van der Waals surface area contributed by atoms with Crippen LogP contribution in [0.15, 0.2) is 41.8 Å². The second-order valence-electron chi connectivity index (χ2n) is 7.14. The third kappa shape index (κ3) is 3.91. The molecule has 0 saturated carbocycles. The molecule has 2 saturated heterocycles. The second-order valence-corrected chi connectivity index (χ2v) is 8.61. The highest BCUT2D eigenvalue weighted by Gasteiger charge is 2.38. The van der Waals surface area contributed by atoms with Gasteiger partial charge in [-0.15, -0.1) is 11.3 Å². The Bertz CT molecular complexity index is 719. The van der Waals surface area contributed by atoms with Crippen molar-refractivity contribution >= 4 is 28.8 Å². The molecule has 2 fully saturated rings. The van der Waals surface area contributed by atoms with Crippen molar-refractivity contribution in [3.05, 3.63) is 57.2 Å². The Morgan fingerprint density at radius 3 is 2.68 bits per heavy atom. The number of piperidine rings is 2. The van der Waals surface area contributed by atoms with E-state index in [-0.39, 0.29) is 11.9 Å². The normalized spacial score (nSPS) is 26.4. The summed E-state index contributed by atoms with van der Waals surface area (Å²) in [7, 11) is 0. The molecule has 4 rings (SSSR count). The fraction of sp³-hybridized carbons (Fsp3) is 0.450. The van der Waals surface area contributed by atoms with E-state index in [1.807, 2.05) is 23.5 Å². The smallest absolute Gasteiger partial charge is 0.251 e. The Labute approximate surface area is 158 Å². The molecule has 5 heteroatoms. The molecular weight excluding hydrogens is 352 g/mol. The van der Waals surface area contributed by atoms with Gasteiger partial charge < -0.3 is 5.32 Å². The summed E-state index contributed by atoms with van der Waals surface area (Å²) < 4.78 is 0. The number of amides is 1. The zero-order valence-corrected chi connectivity index (χ0v) is 15.7. The van der Waals surface area contributed by atoms with Gasteiger partial charge >= 0.3 is 0 Å². The highest BCUT2D eigenvalue weighted by molar-refractivity contribution is 7.09. The monoisotopic (exact) mass is 374 g/mol. The molecule has 1 aromatic heterocycles. The first-order valence-electron chi connectivity index (χ1n) is 9.03. The highest BCUT2D eigenvalue weighted by Crippen LogP contribution is 2.35. The van der Waals surface area contributed by atoms with Gasteiger partial charge in [0.25, 0.3) is 5.91 Å². The van der Waals surface area contributed by atoms with Crippen molar-refractivity contribution in [1.82, 2.24) is 10.2 Å². The molecule has 0 unspecified atom stereocenters. The number of halogens is 1. The fourth-order valence-electron chi connectivity index (χ4n) is 4.34. The SMILES string of the molecule is O=C(NC1C[C@H]2CCC[C@H](C1)N2Cc1cccs1)c1cccc(Cl)c1. The van der Waals surface area contributed by atoms with Crippen molar-refractivity contribution in [3.8, 4) is 0 Å². The number of thiophene rings is 1. The molecule has 2 aliphatic heterocycles. The lowest BCUT2D eigenvalue weighted by atomic mass is 9.81. The van der Waals surface area contributed by atoms with Crippen LogP contribution in [-0.2, 0) is 6.54 Å². The third-order valence-corrected chi connectivity index (χ3v) is 6.56. The molecular formula is C20H23ClN2OS. The van der Waals surface area contributed by atoms with Crippen molar-refractivity contribution in [2.45, 2.75) is 56.8 Å². The van der Waals surface area contributed by atoms with Crippen LogP contribution < -0.4 is 5.32 Å². The summed E-state index contributed by atoms with van der Waals surface area (Å²) in [5.74, 6) is -0.00252. The number of nitrogens with one attached hydrogen (secondary N) is 1. The Kier molecular flexibility index (Phi) is 5.11. The van der Waals surface area contributed by atoms with E-state index in [1.54, 1.807) is 12.1 Å². The first-order chi connectivity index (χ1) is 12.2. The molecule has 2 atom stereocenters. The van der Waals surface area contributed by atoms with Gasteiger partial charge in [0.2, 0.25) is 0 Å². The van der Waals surface area contributed by atoms with Gasteiger partial charge in [-0.1, -0.05) is 30.2 Å². The number of hydrogen-bond donors (Lipinski definition) is 1. The quantitative estimate of drug-likeness (QED) is 0.839. The van der Waals surface area contributed by atoms with Crippen LogP contribution >= 0.6 is 22.9 Å². The van der Waals surface area contributed by atoms with Crippen molar-refractivity contribution in [2.75, 3.05) is 0 Å². The van der Waals surface area contributed by atoms with Crippen LogP contribution in [0.5, 0.6) is 0 Å². The number of rotatable bonds is 4. The zero-order chi connectivity index (χ0) is 17.2. The molecule has 2 bridgehead atoms. The van der Waals surface area contributed by atoms with E-state index >= 15 is 0 Å². The maximum atomic E-state index is 12.5. The predicted molar refractivity (Wildman–Crippen MR) is 103 cm³/mol. The van der Waals surface area contributed by atoms with Crippen molar-refractivity contribution < 1.29 is 4.79 Å². The number of carbonyl (C=O) groups excluding carboxylic acids is 1. The second kappa shape index (κ2) is 7.48. The number of fused-ring (bicyclic) bond motifs is 2. The van der Waals surface area contributed by atoms with Crippen LogP contribution in [0.2, 0.25) is 5.02 Å². The molecule has 2 aromatic rings. The molecule has 2 aliphatic rings. The summed E-state index contributed by atoms with van der Waals surface area (Å²) in [5.41, 5.74) is 0.652. The van der Waals surface area contributed by atoms with Gasteiger partial charge in [0.05, 0.1) is 0 Å². The van der Waals surface area contributed by atoms with Crippen LogP contribution in [-0.4, -0.2) is 28.9 Å². The van der Waals surface area contributed by atoms with E-state index in [1.165, 1.54) is 24.1 Å². The molecule has 1 aromatic carbocycles. The van der Waals surface area contributed by atoms with Gasteiger partial charge in [-0.2, -0.15) is 0 Å². The Morgan fingerprint density at radius 2 is 2.00 bits per heavy atom. The average molecular weight is 375 g/mol. The van der Waals surface area contributed by atoms with E-state index in [0.717, 1.165) is 19.4 Å². The van der Waals surface area contributed by atoms with Crippen LogP contribution in [0, 0.1) is 0 Å². The van der Waals surface area contributed by atoms with Gasteiger partial charge in [0, 0.05) is 40.1 Å². The molecule has 3 heterocycles. The molecule has 0 spiro atoms. The Morgan fingerprint density at radius 1 is 1.20 bits per heavy atom. The lowest BCUT2D eigenvalue weighted by molar-refractivity contribution is 0.0184. The largest absolute Gasteiger partial charge is 0.349 e. The molecule has 25 heavy (non-hydrogen) atoms. The summed E-state index contributed by atoms with van der Waals surface area (Å²) in [6.07, 6.45) is 5.89. The number of benzene rings is 1. The minimum Gasteiger partial charge on any atom is -0.349 e. The third-order valence-electron chi connectivity index (χ3n) is 5.47. The minimum absolute atomic E-state index is 0.00252. The van der Waals surface area contributed by atoms with Crippen LogP contribution in [0.3, 0.4) is 0 Å². The first kappa shape index (κ1) is 17.1. The molecule has 3 nitrogen and oxygen atoms in total. The highest BCUT2D eigenvalue weighted by atomic mass is 35.5. The van der Waals surface area contributed by atoms with Crippen molar-refractivity contribution in [2.24, 2.45) is 0 Å². The number of hydrogen-bond acceptors (Lipinski definition) is 3. The predicted octanol–water partition coefficient (Wildman–Crippen LogP) is 4.72. The lowest BCUT2D eigenvalue weighted by Crippen LogP contribution is -2.56. The number of nitrogens with zero attached hydrogens (tertiary/aromatic N) is 1. The van der Waals surface area contributed by atoms with Crippen LogP contribution in [0.1, 0.15) is 47.3 Å². The van der Waals surface area contributed by atoms with E-state index in [0.29, 0.717) is 22.7 Å². The maximum Gasteiger partial charge on any atom is 0.251 e. The first-order valence-corrected chi connectivity index (χ1v) is 10.3. The van der Waals surface area contributed by atoms with E-state index in [2.05, 4.69) is 27.7 Å². The van der Waals surface area contributed by atoms with Gasteiger partial charge in [0.1, 0.15) is 0 Å².